The number of H-pyrrole nitrogens is 1. The summed E-state index contributed by atoms with van der Waals surface area (Å²) in [5.74, 6) is -0.703. The maximum Gasteiger partial charge on any atom is 0.182 e. The number of halogens is 2. The second-order valence-corrected chi connectivity index (χ2v) is 4.61. The van der Waals surface area contributed by atoms with Gasteiger partial charge in [-0.1, -0.05) is 6.07 Å². The van der Waals surface area contributed by atoms with Crippen molar-refractivity contribution in [2.45, 2.75) is 0 Å². The molecular weight excluding hydrogens is 282 g/mol. The smallest absolute Gasteiger partial charge is 0.182 e. The van der Waals surface area contributed by atoms with Gasteiger partial charge in [0, 0.05) is 6.07 Å². The molecule has 0 spiro atoms. The largest absolute Gasteiger partial charge is 0.497 e. The average molecular weight is 292 g/mol. The lowest BCUT2D eigenvalue weighted by molar-refractivity contribution is 0.415. The molecule has 0 aliphatic carbocycles. The summed E-state index contributed by atoms with van der Waals surface area (Å²) in [6.07, 6.45) is 0. The summed E-state index contributed by atoms with van der Waals surface area (Å²) in [6, 6.07) is 8.84. The number of benzene rings is 2. The van der Waals surface area contributed by atoms with Gasteiger partial charge >= 0.3 is 0 Å². The molecule has 0 bridgehead atoms. The van der Waals surface area contributed by atoms with Crippen LogP contribution in [0.2, 0.25) is 0 Å². The summed E-state index contributed by atoms with van der Waals surface area (Å²) in [6.45, 7) is 0. The van der Waals surface area contributed by atoms with Crippen molar-refractivity contribution in [3.05, 3.63) is 52.8 Å². The molecule has 0 amide bonds. The van der Waals surface area contributed by atoms with E-state index < -0.39 is 11.6 Å². The Bertz CT molecular complexity index is 834. The van der Waals surface area contributed by atoms with Crippen LogP contribution in [0.5, 0.6) is 5.75 Å². The molecule has 0 radical (unpaired) electrons. The van der Waals surface area contributed by atoms with Crippen LogP contribution in [-0.2, 0) is 0 Å². The number of methoxy groups -OCH3 is 1. The number of nitrogens with zero attached hydrogens (tertiary/aromatic N) is 1. The molecule has 0 aliphatic heterocycles. The second kappa shape index (κ2) is 4.72. The van der Waals surface area contributed by atoms with E-state index in [0.717, 1.165) is 0 Å². The predicted molar refractivity (Wildman–Crippen MR) is 74.9 cm³/mol. The highest BCUT2D eigenvalue weighted by molar-refractivity contribution is 7.71. The molecule has 6 heteroatoms. The number of rotatable bonds is 2. The summed E-state index contributed by atoms with van der Waals surface area (Å²) in [4.78, 5) is 2.92. The molecule has 3 aromatic rings. The quantitative estimate of drug-likeness (QED) is 0.724. The van der Waals surface area contributed by atoms with Crippen LogP contribution in [0, 0.1) is 16.4 Å². The minimum absolute atomic E-state index is 0.186. The lowest BCUT2D eigenvalue weighted by Crippen LogP contribution is -2.01. The first-order valence-electron chi connectivity index (χ1n) is 5.85. The number of nitrogens with one attached hydrogen (secondary N) is 1. The molecule has 0 saturated heterocycles. The molecule has 0 atom stereocenters. The molecule has 3 nitrogen and oxygen atoms in total. The summed E-state index contributed by atoms with van der Waals surface area (Å²) in [5.41, 5.74) is 1.05. The van der Waals surface area contributed by atoms with E-state index in [1.54, 1.807) is 25.3 Å². The summed E-state index contributed by atoms with van der Waals surface area (Å²) in [7, 11) is 1.54. The van der Waals surface area contributed by atoms with Crippen molar-refractivity contribution in [3.8, 4) is 11.4 Å². The summed E-state index contributed by atoms with van der Waals surface area (Å²) < 4.78 is 34.5. The van der Waals surface area contributed by atoms with E-state index in [4.69, 9.17) is 17.0 Å². The third-order valence-electron chi connectivity index (χ3n) is 3.05. The highest BCUT2D eigenvalue weighted by atomic mass is 32.1. The monoisotopic (exact) mass is 292 g/mol. The SMILES string of the molecule is COc1ccc2c(c1)[nH]c(=S)n2-c1c(F)cccc1F. The van der Waals surface area contributed by atoms with Gasteiger partial charge in [0.1, 0.15) is 23.1 Å². The maximum absolute atomic E-state index is 13.9. The fourth-order valence-electron chi connectivity index (χ4n) is 2.14. The molecule has 1 heterocycles. The molecule has 1 N–H and O–H groups in total. The molecule has 3 rings (SSSR count). The third-order valence-corrected chi connectivity index (χ3v) is 3.34. The van der Waals surface area contributed by atoms with Gasteiger partial charge in [0.15, 0.2) is 4.77 Å². The van der Waals surface area contributed by atoms with Gasteiger partial charge in [-0.15, -0.1) is 0 Å². The van der Waals surface area contributed by atoms with Crippen LogP contribution in [0.3, 0.4) is 0 Å². The Hall–Kier alpha value is -2.21. The number of hydrogen-bond donors (Lipinski definition) is 1. The Balaban J connectivity index is 2.37. The molecule has 1 aromatic heterocycles. The van der Waals surface area contributed by atoms with Crippen LogP contribution in [0.15, 0.2) is 36.4 Å². The molecule has 0 fully saturated rings. The maximum atomic E-state index is 13.9. The Labute approximate surface area is 118 Å². The summed E-state index contributed by atoms with van der Waals surface area (Å²) >= 11 is 5.17. The van der Waals surface area contributed by atoms with Gasteiger partial charge in [0.25, 0.3) is 0 Å². The highest BCUT2D eigenvalue weighted by Crippen LogP contribution is 2.26. The summed E-state index contributed by atoms with van der Waals surface area (Å²) in [5, 5.41) is 0. The minimum atomic E-state index is -0.669. The van der Waals surface area contributed by atoms with Crippen molar-refractivity contribution in [1.82, 2.24) is 9.55 Å². The van der Waals surface area contributed by atoms with Crippen molar-refractivity contribution in [2.75, 3.05) is 7.11 Å². The Morgan fingerprint density at radius 3 is 2.50 bits per heavy atom. The Morgan fingerprint density at radius 1 is 1.15 bits per heavy atom. The van der Waals surface area contributed by atoms with E-state index in [1.165, 1.54) is 22.8 Å². The molecule has 0 aliphatic rings. The normalized spacial score (nSPS) is 10.9. The number of aromatic amines is 1. The number of hydrogen-bond acceptors (Lipinski definition) is 2. The number of fused-ring (bicyclic) bond motifs is 1. The van der Waals surface area contributed by atoms with Gasteiger partial charge in [-0.05, 0) is 36.5 Å². The van der Waals surface area contributed by atoms with Gasteiger partial charge in [0.2, 0.25) is 0 Å². The van der Waals surface area contributed by atoms with E-state index in [9.17, 15) is 8.78 Å². The van der Waals surface area contributed by atoms with E-state index in [2.05, 4.69) is 4.98 Å². The molecular formula is C14H10F2N2OS. The van der Waals surface area contributed by atoms with E-state index >= 15 is 0 Å². The van der Waals surface area contributed by atoms with Crippen LogP contribution in [0.4, 0.5) is 8.78 Å². The zero-order valence-electron chi connectivity index (χ0n) is 10.5. The number of imidazole rings is 1. The molecule has 0 saturated carbocycles. The van der Waals surface area contributed by atoms with E-state index in [1.807, 2.05) is 0 Å². The zero-order valence-corrected chi connectivity index (χ0v) is 11.3. The fourth-order valence-corrected chi connectivity index (χ4v) is 2.44. The van der Waals surface area contributed by atoms with Crippen molar-refractivity contribution in [1.29, 1.82) is 0 Å². The van der Waals surface area contributed by atoms with Crippen LogP contribution < -0.4 is 4.74 Å². The zero-order chi connectivity index (χ0) is 14.3. The van der Waals surface area contributed by atoms with Gasteiger partial charge in [-0.3, -0.25) is 4.57 Å². The Kier molecular flexibility index (Phi) is 3.02. The first-order valence-corrected chi connectivity index (χ1v) is 6.26. The van der Waals surface area contributed by atoms with E-state index in [-0.39, 0.29) is 10.5 Å². The molecule has 20 heavy (non-hydrogen) atoms. The van der Waals surface area contributed by atoms with Gasteiger partial charge in [-0.25, -0.2) is 8.78 Å². The average Bonchev–Trinajstić information content (AvgIpc) is 2.74. The lowest BCUT2D eigenvalue weighted by atomic mass is 10.2. The Morgan fingerprint density at radius 2 is 1.85 bits per heavy atom. The van der Waals surface area contributed by atoms with Crippen molar-refractivity contribution in [3.63, 3.8) is 0 Å². The van der Waals surface area contributed by atoms with Crippen LogP contribution >= 0.6 is 12.2 Å². The standard InChI is InChI=1S/C14H10F2N2OS/c1-19-8-5-6-12-11(7-8)17-14(20)18(12)13-9(15)3-2-4-10(13)16/h2-7H,1H3,(H,17,20). The first kappa shape index (κ1) is 12.8. The first-order chi connectivity index (χ1) is 9.61. The van der Waals surface area contributed by atoms with Crippen LogP contribution in [-0.4, -0.2) is 16.7 Å². The van der Waals surface area contributed by atoms with Crippen molar-refractivity contribution in [2.24, 2.45) is 0 Å². The fraction of sp³-hybridized carbons (Fsp3) is 0.0714. The van der Waals surface area contributed by atoms with Crippen molar-refractivity contribution < 1.29 is 13.5 Å². The minimum Gasteiger partial charge on any atom is -0.497 e. The van der Waals surface area contributed by atoms with Gasteiger partial charge in [0.05, 0.1) is 18.1 Å². The van der Waals surface area contributed by atoms with Gasteiger partial charge in [-0.2, -0.15) is 0 Å². The number of para-hydroxylation sites is 1. The lowest BCUT2D eigenvalue weighted by Gasteiger charge is -2.07. The second-order valence-electron chi connectivity index (χ2n) is 4.22. The number of aromatic nitrogens is 2. The molecule has 0 unspecified atom stereocenters. The third kappa shape index (κ3) is 1.89. The molecule has 102 valence electrons. The predicted octanol–water partition coefficient (Wildman–Crippen LogP) is 3.97. The highest BCUT2D eigenvalue weighted by Gasteiger charge is 2.15. The van der Waals surface area contributed by atoms with Crippen molar-refractivity contribution >= 4 is 23.3 Å². The van der Waals surface area contributed by atoms with E-state index in [0.29, 0.717) is 16.8 Å². The van der Waals surface area contributed by atoms with Crippen LogP contribution in [0.1, 0.15) is 0 Å². The van der Waals surface area contributed by atoms with Crippen LogP contribution in [0.25, 0.3) is 16.7 Å². The topological polar surface area (TPSA) is 29.9 Å². The molecule has 2 aromatic carbocycles. The number of ether oxygens (including phenoxy) is 1. The van der Waals surface area contributed by atoms with Gasteiger partial charge < -0.3 is 9.72 Å².